The largest absolute Gasteiger partial charge is 0.380 e. The van der Waals surface area contributed by atoms with Crippen LogP contribution in [0.25, 0.3) is 0 Å². The third-order valence-corrected chi connectivity index (χ3v) is 3.09. The zero-order valence-corrected chi connectivity index (χ0v) is 10.6. The van der Waals surface area contributed by atoms with Gasteiger partial charge in [0.15, 0.2) is 0 Å². The summed E-state index contributed by atoms with van der Waals surface area (Å²) in [6.07, 6.45) is 5.39. The van der Waals surface area contributed by atoms with Gasteiger partial charge in [0.05, 0.1) is 25.2 Å². The Bertz CT molecular complexity index is 214. The molecular weight excluding hydrogens is 220 g/mol. The van der Waals surface area contributed by atoms with Crippen LogP contribution in [0.5, 0.6) is 0 Å². The molecule has 1 atom stereocenters. The number of nitrogens with one attached hydrogen (secondary N) is 1. The van der Waals surface area contributed by atoms with Crippen molar-refractivity contribution in [3.8, 4) is 0 Å². The van der Waals surface area contributed by atoms with Gasteiger partial charge in [-0.15, -0.1) is 0 Å². The van der Waals surface area contributed by atoms with E-state index in [1.807, 2.05) is 0 Å². The van der Waals surface area contributed by atoms with Crippen LogP contribution < -0.4 is 11.1 Å². The van der Waals surface area contributed by atoms with E-state index in [0.717, 1.165) is 12.8 Å². The smallest absolute Gasteiger partial charge is 0.222 e. The lowest BCUT2D eigenvalue weighted by atomic mass is 10.2. The van der Waals surface area contributed by atoms with E-state index in [1.54, 1.807) is 7.11 Å². The standard InChI is InChI=1S/C12H24N2O3/c1-16-11(9-13)8-12(15)14-6-7-17-10-4-2-3-5-10/h10-11H,2-9,13H2,1H3,(H,14,15). The molecule has 5 heteroatoms. The maximum atomic E-state index is 11.5. The first-order valence-corrected chi connectivity index (χ1v) is 6.37. The molecule has 0 aromatic rings. The van der Waals surface area contributed by atoms with Crippen molar-refractivity contribution in [1.82, 2.24) is 5.32 Å². The summed E-state index contributed by atoms with van der Waals surface area (Å²) in [5, 5.41) is 2.81. The Hall–Kier alpha value is -0.650. The zero-order valence-electron chi connectivity index (χ0n) is 10.6. The molecule has 100 valence electrons. The molecule has 1 unspecified atom stereocenters. The van der Waals surface area contributed by atoms with Crippen molar-refractivity contribution in [2.45, 2.75) is 44.3 Å². The van der Waals surface area contributed by atoms with Crippen molar-refractivity contribution in [2.75, 3.05) is 26.8 Å². The predicted octanol–water partition coefficient (Wildman–Crippen LogP) is 0.426. The lowest BCUT2D eigenvalue weighted by molar-refractivity contribution is -0.123. The third kappa shape index (κ3) is 6.00. The minimum atomic E-state index is -0.189. The Morgan fingerprint density at radius 1 is 1.47 bits per heavy atom. The van der Waals surface area contributed by atoms with Crippen LogP contribution in [0, 0.1) is 0 Å². The van der Waals surface area contributed by atoms with Crippen LogP contribution in [0.3, 0.4) is 0 Å². The van der Waals surface area contributed by atoms with E-state index in [4.69, 9.17) is 15.2 Å². The van der Waals surface area contributed by atoms with Gasteiger partial charge < -0.3 is 20.5 Å². The number of rotatable bonds is 8. The van der Waals surface area contributed by atoms with Crippen molar-refractivity contribution in [3.63, 3.8) is 0 Å². The highest BCUT2D eigenvalue weighted by atomic mass is 16.5. The Labute approximate surface area is 103 Å². The second-order valence-corrected chi connectivity index (χ2v) is 4.42. The summed E-state index contributed by atoms with van der Waals surface area (Å²) in [5.74, 6) is -0.0303. The van der Waals surface area contributed by atoms with Gasteiger partial charge in [0.2, 0.25) is 5.91 Å². The molecule has 1 rings (SSSR count). The van der Waals surface area contributed by atoms with E-state index in [-0.39, 0.29) is 12.0 Å². The van der Waals surface area contributed by atoms with Gasteiger partial charge in [-0.3, -0.25) is 4.79 Å². The second kappa shape index (κ2) is 8.44. The Balaban J connectivity index is 1.99. The van der Waals surface area contributed by atoms with Gasteiger partial charge in [-0.1, -0.05) is 12.8 Å². The average Bonchev–Trinajstić information content (AvgIpc) is 2.84. The number of carbonyl (C=O) groups is 1. The molecule has 0 bridgehead atoms. The van der Waals surface area contributed by atoms with Crippen molar-refractivity contribution in [2.24, 2.45) is 5.73 Å². The first kappa shape index (κ1) is 14.4. The van der Waals surface area contributed by atoms with Crippen LogP contribution in [-0.4, -0.2) is 44.9 Å². The molecule has 3 N–H and O–H groups in total. The van der Waals surface area contributed by atoms with E-state index in [2.05, 4.69) is 5.32 Å². The highest BCUT2D eigenvalue weighted by molar-refractivity contribution is 5.76. The van der Waals surface area contributed by atoms with E-state index >= 15 is 0 Å². The molecule has 5 nitrogen and oxygen atoms in total. The molecule has 1 fully saturated rings. The fraction of sp³-hybridized carbons (Fsp3) is 0.917. The quantitative estimate of drug-likeness (QED) is 0.607. The summed E-state index contributed by atoms with van der Waals surface area (Å²) in [6, 6.07) is 0. The third-order valence-electron chi connectivity index (χ3n) is 3.09. The summed E-state index contributed by atoms with van der Waals surface area (Å²) >= 11 is 0. The highest BCUT2D eigenvalue weighted by Gasteiger charge is 2.15. The zero-order chi connectivity index (χ0) is 12.5. The van der Waals surface area contributed by atoms with Gasteiger partial charge in [-0.25, -0.2) is 0 Å². The minimum Gasteiger partial charge on any atom is -0.380 e. The van der Waals surface area contributed by atoms with Crippen LogP contribution in [-0.2, 0) is 14.3 Å². The molecule has 1 amide bonds. The normalized spacial score (nSPS) is 18.2. The van der Waals surface area contributed by atoms with Gasteiger partial charge in [0.1, 0.15) is 0 Å². The summed E-state index contributed by atoms with van der Waals surface area (Å²) in [6.45, 7) is 1.52. The van der Waals surface area contributed by atoms with Gasteiger partial charge in [-0.2, -0.15) is 0 Å². The van der Waals surface area contributed by atoms with Gasteiger partial charge in [-0.05, 0) is 12.8 Å². The number of nitrogens with two attached hydrogens (primary N) is 1. The molecule has 1 saturated carbocycles. The maximum absolute atomic E-state index is 11.5. The molecule has 0 aliphatic heterocycles. The van der Waals surface area contributed by atoms with Crippen molar-refractivity contribution in [1.29, 1.82) is 0 Å². The molecule has 0 spiro atoms. The van der Waals surface area contributed by atoms with E-state index in [0.29, 0.717) is 32.2 Å². The summed E-state index contributed by atoms with van der Waals surface area (Å²) in [4.78, 5) is 11.5. The number of ether oxygens (including phenoxy) is 2. The molecule has 0 aromatic heterocycles. The van der Waals surface area contributed by atoms with Crippen molar-refractivity contribution < 1.29 is 14.3 Å². The van der Waals surface area contributed by atoms with Crippen LogP contribution >= 0.6 is 0 Å². The fourth-order valence-electron chi connectivity index (χ4n) is 2.01. The van der Waals surface area contributed by atoms with E-state index in [1.165, 1.54) is 12.8 Å². The maximum Gasteiger partial charge on any atom is 0.222 e. The minimum absolute atomic E-state index is 0.0303. The van der Waals surface area contributed by atoms with Crippen LogP contribution in [0.2, 0.25) is 0 Å². The molecule has 1 aliphatic rings. The summed E-state index contributed by atoms with van der Waals surface area (Å²) in [7, 11) is 1.56. The lowest BCUT2D eigenvalue weighted by Gasteiger charge is -2.14. The van der Waals surface area contributed by atoms with Crippen molar-refractivity contribution in [3.05, 3.63) is 0 Å². The van der Waals surface area contributed by atoms with Crippen LogP contribution in [0.4, 0.5) is 0 Å². The molecule has 0 heterocycles. The number of methoxy groups -OCH3 is 1. The first-order valence-electron chi connectivity index (χ1n) is 6.37. The molecular formula is C12H24N2O3. The van der Waals surface area contributed by atoms with Gasteiger partial charge >= 0.3 is 0 Å². The SMILES string of the molecule is COC(CN)CC(=O)NCCOC1CCCC1. The van der Waals surface area contributed by atoms with Crippen LogP contribution in [0.1, 0.15) is 32.1 Å². The van der Waals surface area contributed by atoms with E-state index < -0.39 is 0 Å². The number of hydrogen-bond acceptors (Lipinski definition) is 4. The van der Waals surface area contributed by atoms with Crippen molar-refractivity contribution >= 4 is 5.91 Å². The summed E-state index contributed by atoms with van der Waals surface area (Å²) < 4.78 is 10.7. The predicted molar refractivity (Wildman–Crippen MR) is 65.7 cm³/mol. The topological polar surface area (TPSA) is 73.6 Å². The molecule has 1 aliphatic carbocycles. The second-order valence-electron chi connectivity index (χ2n) is 4.42. The Morgan fingerprint density at radius 3 is 2.76 bits per heavy atom. The monoisotopic (exact) mass is 244 g/mol. The van der Waals surface area contributed by atoms with E-state index in [9.17, 15) is 4.79 Å². The lowest BCUT2D eigenvalue weighted by Crippen LogP contribution is -2.34. The number of amides is 1. The Kier molecular flexibility index (Phi) is 7.16. The highest BCUT2D eigenvalue weighted by Crippen LogP contribution is 2.20. The molecule has 0 saturated heterocycles. The van der Waals surface area contributed by atoms with Crippen LogP contribution in [0.15, 0.2) is 0 Å². The Morgan fingerprint density at radius 2 is 2.18 bits per heavy atom. The fourth-order valence-corrected chi connectivity index (χ4v) is 2.01. The molecule has 0 radical (unpaired) electrons. The first-order chi connectivity index (χ1) is 8.26. The molecule has 0 aromatic carbocycles. The average molecular weight is 244 g/mol. The van der Waals surface area contributed by atoms with Gasteiger partial charge in [0, 0.05) is 20.2 Å². The number of carbonyl (C=O) groups excluding carboxylic acids is 1. The number of hydrogen-bond donors (Lipinski definition) is 2. The van der Waals surface area contributed by atoms with Gasteiger partial charge in [0.25, 0.3) is 0 Å². The molecule has 17 heavy (non-hydrogen) atoms. The summed E-state index contributed by atoms with van der Waals surface area (Å²) in [5.41, 5.74) is 5.44.